The monoisotopic (exact) mass is 399 g/mol. The predicted molar refractivity (Wildman–Crippen MR) is 105 cm³/mol. The van der Waals surface area contributed by atoms with Crippen molar-refractivity contribution in [2.45, 2.75) is 45.4 Å². The zero-order chi connectivity index (χ0) is 20.2. The summed E-state index contributed by atoms with van der Waals surface area (Å²) in [5.74, 6) is 0.966. The number of benzene rings is 1. The van der Waals surface area contributed by atoms with Crippen molar-refractivity contribution in [1.82, 2.24) is 10.2 Å². The number of nitrogens with one attached hydrogen (secondary N) is 1. The van der Waals surface area contributed by atoms with Crippen molar-refractivity contribution < 1.29 is 23.0 Å². The van der Waals surface area contributed by atoms with Crippen molar-refractivity contribution in [3.05, 3.63) is 29.8 Å². The number of halogens is 2. The zero-order valence-electron chi connectivity index (χ0n) is 16.7. The number of hydrogen-bond acceptors (Lipinski definition) is 4. The van der Waals surface area contributed by atoms with Crippen molar-refractivity contribution in [3.63, 3.8) is 0 Å². The van der Waals surface area contributed by atoms with Crippen LogP contribution in [0.3, 0.4) is 0 Å². The van der Waals surface area contributed by atoms with Crippen LogP contribution in [0, 0.1) is 0 Å². The summed E-state index contributed by atoms with van der Waals surface area (Å²) in [4.78, 5) is 6.66. The summed E-state index contributed by atoms with van der Waals surface area (Å²) in [5, 5.41) is 3.28. The highest BCUT2D eigenvalue weighted by atomic mass is 19.3. The third kappa shape index (κ3) is 8.39. The van der Waals surface area contributed by atoms with Gasteiger partial charge in [-0.2, -0.15) is 8.78 Å². The van der Waals surface area contributed by atoms with E-state index < -0.39 is 6.61 Å². The molecule has 0 unspecified atom stereocenters. The van der Waals surface area contributed by atoms with Gasteiger partial charge in [-0.15, -0.1) is 0 Å². The van der Waals surface area contributed by atoms with Gasteiger partial charge in [-0.05, 0) is 43.9 Å². The molecule has 0 aliphatic carbocycles. The minimum absolute atomic E-state index is 0.159. The average Bonchev–Trinajstić information content (AvgIpc) is 2.69. The van der Waals surface area contributed by atoms with Crippen LogP contribution >= 0.6 is 0 Å². The number of ether oxygens (including phenoxy) is 3. The summed E-state index contributed by atoms with van der Waals surface area (Å²) in [6.45, 7) is 3.54. The van der Waals surface area contributed by atoms with E-state index in [4.69, 9.17) is 9.47 Å². The molecule has 6 nitrogen and oxygen atoms in total. The van der Waals surface area contributed by atoms with Gasteiger partial charge < -0.3 is 24.4 Å². The number of aliphatic imine (C=N–C) groups is 1. The number of nitrogens with zero attached hydrogens (tertiary/aromatic N) is 2. The maximum atomic E-state index is 12.2. The molecule has 28 heavy (non-hydrogen) atoms. The molecule has 1 aliphatic heterocycles. The minimum atomic E-state index is -2.81. The second-order valence-electron chi connectivity index (χ2n) is 6.65. The molecule has 1 aliphatic rings. The van der Waals surface area contributed by atoms with Crippen LogP contribution in [0.25, 0.3) is 0 Å². The molecule has 0 atom stereocenters. The Hall–Kier alpha value is -1.93. The largest absolute Gasteiger partial charge is 0.435 e. The van der Waals surface area contributed by atoms with Gasteiger partial charge in [-0.1, -0.05) is 12.1 Å². The van der Waals surface area contributed by atoms with Crippen molar-refractivity contribution in [2.24, 2.45) is 4.99 Å². The van der Waals surface area contributed by atoms with E-state index in [0.717, 1.165) is 50.5 Å². The summed E-state index contributed by atoms with van der Waals surface area (Å²) >= 11 is 0. The number of rotatable bonds is 10. The van der Waals surface area contributed by atoms with Crippen LogP contribution in [0.4, 0.5) is 8.78 Å². The van der Waals surface area contributed by atoms with E-state index in [1.54, 1.807) is 24.3 Å². The summed E-state index contributed by atoms with van der Waals surface area (Å²) in [6, 6.07) is 6.65. The highest BCUT2D eigenvalue weighted by molar-refractivity contribution is 5.79. The van der Waals surface area contributed by atoms with E-state index in [0.29, 0.717) is 25.8 Å². The molecule has 0 bridgehead atoms. The lowest BCUT2D eigenvalue weighted by Gasteiger charge is -2.23. The van der Waals surface area contributed by atoms with Crippen molar-refractivity contribution in [3.8, 4) is 5.75 Å². The molecule has 1 aromatic rings. The fourth-order valence-electron chi connectivity index (χ4n) is 2.94. The molecule has 1 fully saturated rings. The first-order valence-corrected chi connectivity index (χ1v) is 9.81. The first-order chi connectivity index (χ1) is 13.6. The molecule has 2 rings (SSSR count). The molecule has 1 saturated heterocycles. The van der Waals surface area contributed by atoms with Crippen LogP contribution in [0.2, 0.25) is 0 Å². The highest BCUT2D eigenvalue weighted by Crippen LogP contribution is 2.16. The number of guanidine groups is 1. The summed E-state index contributed by atoms with van der Waals surface area (Å²) in [6.07, 6.45) is 3.11. The predicted octanol–water partition coefficient (Wildman–Crippen LogP) is 3.27. The van der Waals surface area contributed by atoms with Crippen molar-refractivity contribution in [1.29, 1.82) is 0 Å². The standard InChI is InChI=1S/C20H31F2N3O3/c1-3-23-20(24-11-4-12-27-17-9-13-26-14-10-17)25(2)15-16-5-7-18(8-6-16)28-19(21)22/h5-8,17,19H,3-4,9-15H2,1-2H3,(H,23,24). The van der Waals surface area contributed by atoms with Crippen LogP contribution in [0.5, 0.6) is 5.75 Å². The highest BCUT2D eigenvalue weighted by Gasteiger charge is 2.13. The van der Waals surface area contributed by atoms with Crippen LogP contribution in [-0.2, 0) is 16.0 Å². The van der Waals surface area contributed by atoms with Gasteiger partial charge in [0.1, 0.15) is 5.75 Å². The molecule has 8 heteroatoms. The van der Waals surface area contributed by atoms with E-state index in [1.807, 2.05) is 18.9 Å². The molecule has 0 saturated carbocycles. The third-order valence-corrected chi connectivity index (χ3v) is 4.35. The van der Waals surface area contributed by atoms with E-state index in [-0.39, 0.29) is 5.75 Å². The van der Waals surface area contributed by atoms with Crippen LogP contribution in [0.1, 0.15) is 31.7 Å². The molecule has 0 radical (unpaired) electrons. The smallest absolute Gasteiger partial charge is 0.387 e. The second kappa shape index (κ2) is 12.5. The molecule has 1 N–H and O–H groups in total. The number of alkyl halides is 2. The maximum absolute atomic E-state index is 12.2. The molecule has 0 aromatic heterocycles. The van der Waals surface area contributed by atoms with Crippen molar-refractivity contribution in [2.75, 3.05) is 40.0 Å². The molecule has 158 valence electrons. The molecule has 0 amide bonds. The Labute approximate surface area is 165 Å². The molecule has 0 spiro atoms. The van der Waals surface area contributed by atoms with Crippen LogP contribution in [0.15, 0.2) is 29.3 Å². The summed E-state index contributed by atoms with van der Waals surface area (Å²) in [5.41, 5.74) is 0.984. The SMILES string of the molecule is CCNC(=NCCCOC1CCOCC1)N(C)Cc1ccc(OC(F)F)cc1. The van der Waals surface area contributed by atoms with Gasteiger partial charge in [-0.25, -0.2) is 0 Å². The number of hydrogen-bond donors (Lipinski definition) is 1. The Morgan fingerprint density at radius 1 is 1.29 bits per heavy atom. The Morgan fingerprint density at radius 2 is 2.00 bits per heavy atom. The molecule has 1 heterocycles. The van der Waals surface area contributed by atoms with Crippen LogP contribution in [-0.4, -0.2) is 63.5 Å². The quantitative estimate of drug-likeness (QED) is 0.372. The first kappa shape index (κ1) is 22.4. The van der Waals surface area contributed by atoms with Gasteiger partial charge in [0, 0.05) is 46.5 Å². The summed E-state index contributed by atoms with van der Waals surface area (Å²) < 4.78 is 40.0. The Bertz CT molecular complexity index is 579. The van der Waals surface area contributed by atoms with Gasteiger partial charge in [0.15, 0.2) is 5.96 Å². The van der Waals surface area contributed by atoms with Gasteiger partial charge in [0.2, 0.25) is 0 Å². The fraction of sp³-hybridized carbons (Fsp3) is 0.650. The maximum Gasteiger partial charge on any atom is 0.387 e. The van der Waals surface area contributed by atoms with Gasteiger partial charge in [0.05, 0.1) is 6.10 Å². The van der Waals surface area contributed by atoms with Gasteiger partial charge >= 0.3 is 6.61 Å². The zero-order valence-corrected chi connectivity index (χ0v) is 16.7. The lowest BCUT2D eigenvalue weighted by molar-refractivity contribution is -0.0498. The topological polar surface area (TPSA) is 55.3 Å². The minimum Gasteiger partial charge on any atom is -0.435 e. The van der Waals surface area contributed by atoms with E-state index in [2.05, 4.69) is 15.0 Å². The van der Waals surface area contributed by atoms with E-state index >= 15 is 0 Å². The van der Waals surface area contributed by atoms with E-state index in [1.165, 1.54) is 0 Å². The Balaban J connectivity index is 1.77. The average molecular weight is 399 g/mol. The molecule has 1 aromatic carbocycles. The first-order valence-electron chi connectivity index (χ1n) is 9.81. The van der Waals surface area contributed by atoms with Crippen LogP contribution < -0.4 is 10.1 Å². The second-order valence-corrected chi connectivity index (χ2v) is 6.65. The Kier molecular flexibility index (Phi) is 9.99. The third-order valence-electron chi connectivity index (χ3n) is 4.35. The normalized spacial score (nSPS) is 15.7. The Morgan fingerprint density at radius 3 is 2.64 bits per heavy atom. The lowest BCUT2D eigenvalue weighted by atomic mass is 10.1. The summed E-state index contributed by atoms with van der Waals surface area (Å²) in [7, 11) is 1.95. The van der Waals surface area contributed by atoms with Crippen molar-refractivity contribution >= 4 is 5.96 Å². The molecular weight excluding hydrogens is 368 g/mol. The van der Waals surface area contributed by atoms with Gasteiger partial charge in [-0.3, -0.25) is 4.99 Å². The van der Waals surface area contributed by atoms with Gasteiger partial charge in [0.25, 0.3) is 0 Å². The lowest BCUT2D eigenvalue weighted by Crippen LogP contribution is -2.38. The fourth-order valence-corrected chi connectivity index (χ4v) is 2.94. The molecular formula is C20H31F2N3O3. The van der Waals surface area contributed by atoms with E-state index in [9.17, 15) is 8.78 Å².